The van der Waals surface area contributed by atoms with Gasteiger partial charge < -0.3 is 10.6 Å². The fourth-order valence-electron chi connectivity index (χ4n) is 2.36. The third kappa shape index (κ3) is 4.77. The van der Waals surface area contributed by atoms with Crippen LogP contribution in [-0.4, -0.2) is 14.9 Å². The standard InChI is InChI=1S/C17H10BrF4N5O2/c18-10-4-5-13(12(19)7-10)26-16-14(27(28)29)15(23-8-24-16)25-11-3-1-2-9(6-11)17(20,21)22/h1-8H,(H2,23,24,25,26). The summed E-state index contributed by atoms with van der Waals surface area (Å²) in [5.41, 5.74) is -1.75. The predicted octanol–water partition coefficient (Wildman–Crippen LogP) is 5.79. The highest BCUT2D eigenvalue weighted by Crippen LogP contribution is 2.35. The van der Waals surface area contributed by atoms with Crippen LogP contribution in [-0.2, 0) is 6.18 Å². The second-order valence-corrected chi connectivity index (χ2v) is 6.55. The van der Waals surface area contributed by atoms with Gasteiger partial charge in [-0.25, -0.2) is 14.4 Å². The van der Waals surface area contributed by atoms with Crippen LogP contribution in [0.5, 0.6) is 0 Å². The Morgan fingerprint density at radius 1 is 1.03 bits per heavy atom. The zero-order valence-electron chi connectivity index (χ0n) is 14.2. The molecule has 0 amide bonds. The lowest BCUT2D eigenvalue weighted by Gasteiger charge is -2.12. The highest BCUT2D eigenvalue weighted by molar-refractivity contribution is 9.10. The lowest BCUT2D eigenvalue weighted by atomic mass is 10.2. The number of aromatic nitrogens is 2. The minimum atomic E-state index is -4.58. The molecule has 0 spiro atoms. The SMILES string of the molecule is O=[N+]([O-])c1c(Nc2cccc(C(F)(F)F)c2)ncnc1Nc1ccc(Br)cc1F. The van der Waals surface area contributed by atoms with Crippen molar-refractivity contribution in [2.24, 2.45) is 0 Å². The summed E-state index contributed by atoms with van der Waals surface area (Å²) in [6, 6.07) is 8.09. The lowest BCUT2D eigenvalue weighted by Crippen LogP contribution is -2.08. The van der Waals surface area contributed by atoms with Crippen molar-refractivity contribution in [2.75, 3.05) is 10.6 Å². The van der Waals surface area contributed by atoms with Gasteiger partial charge in [0.15, 0.2) is 0 Å². The van der Waals surface area contributed by atoms with Crippen LogP contribution in [0.2, 0.25) is 0 Å². The number of hydrogen-bond acceptors (Lipinski definition) is 6. The molecule has 0 fully saturated rings. The van der Waals surface area contributed by atoms with Crippen LogP contribution in [0, 0.1) is 15.9 Å². The van der Waals surface area contributed by atoms with Gasteiger partial charge in [0, 0.05) is 10.2 Å². The Labute approximate surface area is 169 Å². The van der Waals surface area contributed by atoms with E-state index in [1.807, 2.05) is 0 Å². The first-order valence-corrected chi connectivity index (χ1v) is 8.60. The van der Waals surface area contributed by atoms with Crippen molar-refractivity contribution in [3.05, 3.63) is 74.8 Å². The molecule has 3 rings (SSSR count). The molecule has 0 saturated carbocycles. The number of hydrogen-bond donors (Lipinski definition) is 2. The summed E-state index contributed by atoms with van der Waals surface area (Å²) in [4.78, 5) is 18.2. The molecule has 0 radical (unpaired) electrons. The molecule has 3 aromatic rings. The summed E-state index contributed by atoms with van der Waals surface area (Å²) in [6.07, 6.45) is -3.62. The van der Waals surface area contributed by atoms with Crippen molar-refractivity contribution in [1.29, 1.82) is 0 Å². The summed E-state index contributed by atoms with van der Waals surface area (Å²) >= 11 is 3.10. The summed E-state index contributed by atoms with van der Waals surface area (Å²) in [5, 5.41) is 16.5. The van der Waals surface area contributed by atoms with Crippen molar-refractivity contribution in [1.82, 2.24) is 9.97 Å². The maximum Gasteiger partial charge on any atom is 0.416 e. The van der Waals surface area contributed by atoms with Gasteiger partial charge in [-0.3, -0.25) is 10.1 Å². The third-order valence-corrected chi connectivity index (χ3v) is 4.13. The minimum absolute atomic E-state index is 0.0672. The van der Waals surface area contributed by atoms with Crippen LogP contribution >= 0.6 is 15.9 Å². The number of nitro groups is 1. The normalized spacial score (nSPS) is 11.2. The topological polar surface area (TPSA) is 93.0 Å². The van der Waals surface area contributed by atoms with E-state index in [-0.39, 0.29) is 23.0 Å². The molecule has 2 aromatic carbocycles. The van der Waals surface area contributed by atoms with E-state index in [1.165, 1.54) is 18.2 Å². The molecule has 0 aliphatic carbocycles. The number of anilines is 4. The van der Waals surface area contributed by atoms with Gasteiger partial charge in [0.25, 0.3) is 0 Å². The number of halogens is 5. The zero-order valence-corrected chi connectivity index (χ0v) is 15.8. The van der Waals surface area contributed by atoms with Crippen LogP contribution in [0.15, 0.2) is 53.3 Å². The van der Waals surface area contributed by atoms with Crippen molar-refractivity contribution in [3.63, 3.8) is 0 Å². The van der Waals surface area contributed by atoms with Crippen LogP contribution < -0.4 is 10.6 Å². The molecule has 12 heteroatoms. The fourth-order valence-corrected chi connectivity index (χ4v) is 2.70. The van der Waals surface area contributed by atoms with Gasteiger partial charge in [-0.2, -0.15) is 13.2 Å². The van der Waals surface area contributed by atoms with Gasteiger partial charge in [-0.1, -0.05) is 22.0 Å². The first kappa shape index (κ1) is 20.5. The largest absolute Gasteiger partial charge is 0.416 e. The molecule has 1 heterocycles. The van der Waals surface area contributed by atoms with Crippen LogP contribution in [0.4, 0.5) is 46.3 Å². The number of nitrogens with zero attached hydrogens (tertiary/aromatic N) is 3. The quantitative estimate of drug-likeness (QED) is 0.277. The van der Waals surface area contributed by atoms with Crippen LogP contribution in [0.3, 0.4) is 0 Å². The molecule has 29 heavy (non-hydrogen) atoms. The maximum atomic E-state index is 14.0. The molecule has 0 aliphatic rings. The van der Waals surface area contributed by atoms with Crippen molar-refractivity contribution < 1.29 is 22.5 Å². The van der Waals surface area contributed by atoms with Crippen molar-refractivity contribution in [2.45, 2.75) is 6.18 Å². The van der Waals surface area contributed by atoms with E-state index in [0.717, 1.165) is 30.6 Å². The average molecular weight is 472 g/mol. The predicted molar refractivity (Wildman–Crippen MR) is 101 cm³/mol. The Bertz CT molecular complexity index is 1080. The second kappa shape index (κ2) is 7.99. The summed E-state index contributed by atoms with van der Waals surface area (Å²) in [7, 11) is 0. The molecule has 1 aromatic heterocycles. The van der Waals surface area contributed by atoms with E-state index >= 15 is 0 Å². The zero-order chi connectivity index (χ0) is 21.2. The fraction of sp³-hybridized carbons (Fsp3) is 0.0588. The molecule has 7 nitrogen and oxygen atoms in total. The highest BCUT2D eigenvalue weighted by atomic mass is 79.9. The molecular formula is C17H10BrF4N5O2. The smallest absolute Gasteiger partial charge is 0.334 e. The number of nitrogens with one attached hydrogen (secondary N) is 2. The maximum absolute atomic E-state index is 14.0. The van der Waals surface area contributed by atoms with Crippen LogP contribution in [0.25, 0.3) is 0 Å². The summed E-state index contributed by atoms with van der Waals surface area (Å²) in [6.45, 7) is 0. The molecule has 0 atom stereocenters. The average Bonchev–Trinajstić information content (AvgIpc) is 2.63. The van der Waals surface area contributed by atoms with Gasteiger partial charge in [-0.15, -0.1) is 0 Å². The minimum Gasteiger partial charge on any atom is -0.334 e. The Hall–Kier alpha value is -3.28. The Morgan fingerprint density at radius 2 is 1.72 bits per heavy atom. The third-order valence-electron chi connectivity index (χ3n) is 3.64. The Morgan fingerprint density at radius 3 is 2.34 bits per heavy atom. The molecule has 0 unspecified atom stereocenters. The number of benzene rings is 2. The summed E-state index contributed by atoms with van der Waals surface area (Å²) in [5.74, 6) is -1.38. The first-order chi connectivity index (χ1) is 13.6. The molecular weight excluding hydrogens is 462 g/mol. The second-order valence-electron chi connectivity index (χ2n) is 5.63. The number of rotatable bonds is 5. The number of alkyl halides is 3. The monoisotopic (exact) mass is 471 g/mol. The Balaban J connectivity index is 1.98. The van der Waals surface area contributed by atoms with Gasteiger partial charge in [0.2, 0.25) is 11.6 Å². The van der Waals surface area contributed by atoms with Crippen molar-refractivity contribution >= 4 is 44.6 Å². The molecule has 150 valence electrons. The first-order valence-electron chi connectivity index (χ1n) is 7.81. The van der Waals surface area contributed by atoms with E-state index in [2.05, 4.69) is 36.5 Å². The highest BCUT2D eigenvalue weighted by Gasteiger charge is 2.31. The van der Waals surface area contributed by atoms with Gasteiger partial charge in [0.1, 0.15) is 12.1 Å². The van der Waals surface area contributed by atoms with E-state index < -0.39 is 28.2 Å². The van der Waals surface area contributed by atoms with Gasteiger partial charge >= 0.3 is 11.9 Å². The Kier molecular flexibility index (Phi) is 5.64. The molecule has 2 N–H and O–H groups in total. The van der Waals surface area contributed by atoms with E-state index in [1.54, 1.807) is 0 Å². The van der Waals surface area contributed by atoms with E-state index in [9.17, 15) is 27.7 Å². The van der Waals surface area contributed by atoms with E-state index in [4.69, 9.17) is 0 Å². The molecule has 0 aliphatic heterocycles. The van der Waals surface area contributed by atoms with Gasteiger partial charge in [-0.05, 0) is 36.4 Å². The molecule has 0 bridgehead atoms. The summed E-state index contributed by atoms with van der Waals surface area (Å²) < 4.78 is 53.1. The van der Waals surface area contributed by atoms with Gasteiger partial charge in [0.05, 0.1) is 16.2 Å². The van der Waals surface area contributed by atoms with Crippen LogP contribution in [0.1, 0.15) is 5.56 Å². The molecule has 0 saturated heterocycles. The van der Waals surface area contributed by atoms with E-state index in [0.29, 0.717) is 4.47 Å². The lowest BCUT2D eigenvalue weighted by molar-refractivity contribution is -0.383. The van der Waals surface area contributed by atoms with Crippen molar-refractivity contribution in [3.8, 4) is 0 Å².